The number of Topliss-reactive ketones (excluding diaryl/α,β-unsaturated/α-hetero) is 1. The minimum Gasteiger partial charge on any atom is -0.495 e. The van der Waals surface area contributed by atoms with Gasteiger partial charge in [-0.2, -0.15) is 0 Å². The van der Waals surface area contributed by atoms with E-state index in [0.29, 0.717) is 39.8 Å². The number of nitrogens with zero attached hydrogens (tertiary/aromatic N) is 1. The van der Waals surface area contributed by atoms with Crippen LogP contribution in [0, 0.1) is 0 Å². The average Bonchev–Trinajstić information content (AvgIpc) is 2.61. The summed E-state index contributed by atoms with van der Waals surface area (Å²) in [7, 11) is 3.52. The molecule has 142 valence electrons. The lowest BCUT2D eigenvalue weighted by molar-refractivity contribution is -0.104. The molecule has 0 aliphatic heterocycles. The van der Waals surface area contributed by atoms with Gasteiger partial charge in [-0.3, -0.25) is 9.59 Å². The molecule has 0 aliphatic rings. The first kappa shape index (κ1) is 22.0. The fourth-order valence-electron chi connectivity index (χ4n) is 2.67. The zero-order chi connectivity index (χ0) is 19.7. The topological polar surface area (TPSA) is 46.6 Å². The van der Waals surface area contributed by atoms with Crippen molar-refractivity contribution in [1.82, 2.24) is 4.90 Å². The quantitative estimate of drug-likeness (QED) is 0.186. The van der Waals surface area contributed by atoms with Crippen LogP contribution in [0.2, 0.25) is 5.02 Å². The zero-order valence-corrected chi connectivity index (χ0v) is 17.0. The van der Waals surface area contributed by atoms with Gasteiger partial charge in [-0.15, -0.1) is 0 Å². The van der Waals surface area contributed by atoms with Gasteiger partial charge in [0.25, 0.3) is 0 Å². The number of rotatable bonds is 10. The van der Waals surface area contributed by atoms with Crippen LogP contribution in [0.25, 0.3) is 5.57 Å². The summed E-state index contributed by atoms with van der Waals surface area (Å²) in [5, 5.41) is 0.488. The van der Waals surface area contributed by atoms with E-state index in [2.05, 4.69) is 18.7 Å². The zero-order valence-electron chi connectivity index (χ0n) is 16.2. The molecule has 1 atom stereocenters. The van der Waals surface area contributed by atoms with Gasteiger partial charge in [0.05, 0.1) is 7.11 Å². The highest BCUT2D eigenvalue weighted by molar-refractivity contribution is 6.31. The minimum absolute atomic E-state index is 0.103. The molecule has 0 fully saturated rings. The number of aldehydes is 1. The Labute approximate surface area is 161 Å². The van der Waals surface area contributed by atoms with E-state index < -0.39 is 0 Å². The Morgan fingerprint density at radius 2 is 2.04 bits per heavy atom. The normalized spacial score (nSPS) is 13.3. The second-order valence-electron chi connectivity index (χ2n) is 6.32. The number of unbranched alkanes of at least 4 members (excludes halogenated alkanes) is 1. The third-order valence-electron chi connectivity index (χ3n) is 4.36. The summed E-state index contributed by atoms with van der Waals surface area (Å²) >= 11 is 6.13. The number of ketones is 1. The largest absolute Gasteiger partial charge is 0.495 e. The van der Waals surface area contributed by atoms with Gasteiger partial charge in [-0.1, -0.05) is 31.4 Å². The van der Waals surface area contributed by atoms with Crippen LogP contribution in [0.15, 0.2) is 36.2 Å². The van der Waals surface area contributed by atoms with E-state index in [-0.39, 0.29) is 5.78 Å². The summed E-state index contributed by atoms with van der Waals surface area (Å²) in [5.41, 5.74) is 1.61. The molecule has 26 heavy (non-hydrogen) atoms. The molecule has 0 saturated heterocycles. The number of hydrogen-bond acceptors (Lipinski definition) is 4. The molecule has 0 aliphatic carbocycles. The van der Waals surface area contributed by atoms with E-state index in [4.69, 9.17) is 16.3 Å². The highest BCUT2D eigenvalue weighted by atomic mass is 35.5. The maximum absolute atomic E-state index is 12.0. The molecular formula is C21H28ClNO3. The lowest BCUT2D eigenvalue weighted by atomic mass is 9.96. The van der Waals surface area contributed by atoms with E-state index in [9.17, 15) is 9.59 Å². The van der Waals surface area contributed by atoms with Gasteiger partial charge in [-0.25, -0.2) is 0 Å². The SMILES string of the molecule is CCCCC(C)N(C)/C=C(OC)\C(=C/C=O)c1cc(Cl)ccc1C(C)=O. The van der Waals surface area contributed by atoms with Crippen LogP contribution in [0.4, 0.5) is 0 Å². The standard InChI is InChI=1S/C21H28ClNO3/c1-6-7-8-15(2)23(4)14-21(26-5)19(11-12-24)20-13-17(22)9-10-18(20)16(3)25/h9-15H,6-8H2,1-5H3/b19-11-,21-14+. The van der Waals surface area contributed by atoms with Crippen LogP contribution >= 0.6 is 11.6 Å². The molecule has 1 aromatic carbocycles. The summed E-state index contributed by atoms with van der Waals surface area (Å²) < 4.78 is 5.56. The maximum Gasteiger partial charge on any atom is 0.160 e. The van der Waals surface area contributed by atoms with Crippen molar-refractivity contribution in [3.8, 4) is 0 Å². The second-order valence-corrected chi connectivity index (χ2v) is 6.75. The third kappa shape index (κ3) is 6.03. The first-order valence-electron chi connectivity index (χ1n) is 8.80. The Morgan fingerprint density at radius 1 is 1.35 bits per heavy atom. The van der Waals surface area contributed by atoms with Gasteiger partial charge in [0, 0.05) is 35.4 Å². The Bertz CT molecular complexity index is 694. The van der Waals surface area contributed by atoms with Gasteiger partial charge < -0.3 is 9.64 Å². The van der Waals surface area contributed by atoms with E-state index in [1.165, 1.54) is 13.0 Å². The highest BCUT2D eigenvalue weighted by Crippen LogP contribution is 2.30. The maximum atomic E-state index is 12.0. The van der Waals surface area contributed by atoms with Crippen molar-refractivity contribution >= 4 is 29.2 Å². The van der Waals surface area contributed by atoms with Crippen LogP contribution in [0.3, 0.4) is 0 Å². The van der Waals surface area contributed by atoms with E-state index in [1.807, 2.05) is 13.2 Å². The van der Waals surface area contributed by atoms with Crippen LogP contribution in [-0.2, 0) is 9.53 Å². The predicted octanol–water partition coefficient (Wildman–Crippen LogP) is 5.12. The fraction of sp³-hybridized carbons (Fsp3) is 0.429. The predicted molar refractivity (Wildman–Crippen MR) is 107 cm³/mol. The van der Waals surface area contributed by atoms with E-state index in [1.54, 1.807) is 25.3 Å². The molecule has 0 N–H and O–H groups in total. The summed E-state index contributed by atoms with van der Waals surface area (Å²) in [6, 6.07) is 5.33. The van der Waals surface area contributed by atoms with Crippen molar-refractivity contribution < 1.29 is 14.3 Å². The van der Waals surface area contributed by atoms with Crippen molar-refractivity contribution in [2.75, 3.05) is 14.2 Å². The molecule has 0 amide bonds. The van der Waals surface area contributed by atoms with Crippen molar-refractivity contribution in [2.45, 2.75) is 46.1 Å². The minimum atomic E-state index is -0.103. The van der Waals surface area contributed by atoms with Crippen LogP contribution in [0.5, 0.6) is 0 Å². The molecule has 1 unspecified atom stereocenters. The van der Waals surface area contributed by atoms with Crippen molar-refractivity contribution in [3.63, 3.8) is 0 Å². The molecule has 0 spiro atoms. The summed E-state index contributed by atoms with van der Waals surface area (Å²) in [6.45, 7) is 5.79. The van der Waals surface area contributed by atoms with Gasteiger partial charge in [-0.05, 0) is 50.1 Å². The summed E-state index contributed by atoms with van der Waals surface area (Å²) in [4.78, 5) is 25.3. The van der Waals surface area contributed by atoms with Crippen molar-refractivity contribution in [3.05, 3.63) is 52.4 Å². The molecule has 0 bridgehead atoms. The van der Waals surface area contributed by atoms with Gasteiger partial charge in [0.2, 0.25) is 0 Å². The van der Waals surface area contributed by atoms with E-state index in [0.717, 1.165) is 19.3 Å². The first-order valence-corrected chi connectivity index (χ1v) is 9.17. The van der Waals surface area contributed by atoms with Crippen LogP contribution < -0.4 is 0 Å². The molecule has 4 nitrogen and oxygen atoms in total. The molecule has 0 aromatic heterocycles. The number of benzene rings is 1. The highest BCUT2D eigenvalue weighted by Gasteiger charge is 2.17. The van der Waals surface area contributed by atoms with Crippen LogP contribution in [0.1, 0.15) is 56.0 Å². The Kier molecular flexibility index (Phi) is 9.14. The van der Waals surface area contributed by atoms with Crippen molar-refractivity contribution in [2.24, 2.45) is 0 Å². The average molecular weight is 378 g/mol. The fourth-order valence-corrected chi connectivity index (χ4v) is 2.84. The Morgan fingerprint density at radius 3 is 2.58 bits per heavy atom. The Balaban J connectivity index is 3.37. The lowest BCUT2D eigenvalue weighted by Gasteiger charge is -2.25. The lowest BCUT2D eigenvalue weighted by Crippen LogP contribution is -2.24. The number of methoxy groups -OCH3 is 1. The molecule has 0 saturated carbocycles. The van der Waals surface area contributed by atoms with Gasteiger partial charge in [0.15, 0.2) is 5.78 Å². The second kappa shape index (κ2) is 10.8. The number of halogens is 1. The summed E-state index contributed by atoms with van der Waals surface area (Å²) in [5.74, 6) is 0.404. The van der Waals surface area contributed by atoms with Crippen molar-refractivity contribution in [1.29, 1.82) is 0 Å². The number of carbonyl (C=O) groups excluding carboxylic acids is 2. The number of carbonyl (C=O) groups is 2. The number of ether oxygens (including phenoxy) is 1. The molecule has 5 heteroatoms. The van der Waals surface area contributed by atoms with Gasteiger partial charge in [0.1, 0.15) is 12.0 Å². The van der Waals surface area contributed by atoms with Crippen LogP contribution in [-0.4, -0.2) is 37.2 Å². The molecule has 0 heterocycles. The Hall–Kier alpha value is -2.07. The molecule has 0 radical (unpaired) electrons. The number of allylic oxidation sites excluding steroid dienone is 2. The summed E-state index contributed by atoms with van der Waals surface area (Å²) in [6.07, 6.45) is 7.29. The third-order valence-corrected chi connectivity index (χ3v) is 4.60. The number of hydrogen-bond donors (Lipinski definition) is 0. The smallest absolute Gasteiger partial charge is 0.160 e. The molecule has 1 aromatic rings. The molecule has 1 rings (SSSR count). The van der Waals surface area contributed by atoms with Gasteiger partial charge >= 0.3 is 0 Å². The molecular weight excluding hydrogens is 350 g/mol. The van der Waals surface area contributed by atoms with E-state index >= 15 is 0 Å². The monoisotopic (exact) mass is 377 g/mol. The first-order chi connectivity index (χ1) is 12.3.